The average molecular weight is 251 g/mol. The molecule has 1 aliphatic rings. The van der Waals surface area contributed by atoms with Gasteiger partial charge in [-0.2, -0.15) is 0 Å². The molecule has 0 heterocycles. The van der Waals surface area contributed by atoms with Crippen LogP contribution in [-0.4, -0.2) is 34.6 Å². The fourth-order valence-electron chi connectivity index (χ4n) is 1.73. The molecule has 1 aliphatic carbocycles. The molecule has 0 spiro atoms. The van der Waals surface area contributed by atoms with Gasteiger partial charge >= 0.3 is 6.09 Å². The van der Waals surface area contributed by atoms with Crippen LogP contribution in [0.5, 0.6) is 0 Å². The van der Waals surface area contributed by atoms with Crippen LogP contribution in [-0.2, 0) is 11.3 Å². The third-order valence-corrected chi connectivity index (χ3v) is 3.10. The predicted molar refractivity (Wildman–Crippen MR) is 64.8 cm³/mol. The van der Waals surface area contributed by atoms with E-state index in [0.717, 1.165) is 5.56 Å². The minimum absolute atomic E-state index is 0.170. The number of hydrogen-bond donors (Lipinski definition) is 3. The molecule has 1 aromatic carbocycles. The Kier molecular flexibility index (Phi) is 3.84. The summed E-state index contributed by atoms with van der Waals surface area (Å²) in [7, 11) is 0. The number of alkyl carbamates (subject to hydrolysis) is 1. The molecule has 18 heavy (non-hydrogen) atoms. The van der Waals surface area contributed by atoms with Gasteiger partial charge in [-0.15, -0.1) is 0 Å². The van der Waals surface area contributed by atoms with Crippen molar-refractivity contribution in [2.24, 2.45) is 0 Å². The molecule has 0 radical (unpaired) electrons. The molecule has 98 valence electrons. The molecule has 1 atom stereocenters. The van der Waals surface area contributed by atoms with Crippen molar-refractivity contribution in [2.45, 2.75) is 31.1 Å². The van der Waals surface area contributed by atoms with Crippen LogP contribution in [0.25, 0.3) is 0 Å². The van der Waals surface area contributed by atoms with Crippen LogP contribution in [0.15, 0.2) is 30.3 Å². The fraction of sp³-hybridized carbons (Fsp3) is 0.462. The lowest BCUT2D eigenvalue weighted by Gasteiger charge is -2.21. The number of aliphatic hydroxyl groups is 2. The second-order valence-electron chi connectivity index (χ2n) is 4.54. The van der Waals surface area contributed by atoms with E-state index < -0.39 is 17.7 Å². The number of carbonyl (C=O) groups is 1. The lowest BCUT2D eigenvalue weighted by Crippen LogP contribution is -2.47. The summed E-state index contributed by atoms with van der Waals surface area (Å²) < 4.78 is 5.01. The molecule has 0 aromatic heterocycles. The molecule has 0 aliphatic heterocycles. The molecule has 5 nitrogen and oxygen atoms in total. The Balaban J connectivity index is 1.78. The summed E-state index contributed by atoms with van der Waals surface area (Å²) in [6.45, 7) is -0.125. The van der Waals surface area contributed by atoms with Gasteiger partial charge in [0.1, 0.15) is 6.61 Å². The molecule has 1 unspecified atom stereocenters. The number of aliphatic hydroxyl groups excluding tert-OH is 1. The van der Waals surface area contributed by atoms with E-state index in [1.807, 2.05) is 30.3 Å². The molecule has 2 rings (SSSR count). The first kappa shape index (κ1) is 12.9. The highest BCUT2D eigenvalue weighted by molar-refractivity contribution is 5.68. The molecule has 1 amide bonds. The van der Waals surface area contributed by atoms with Crippen LogP contribution in [0.1, 0.15) is 18.4 Å². The van der Waals surface area contributed by atoms with Crippen molar-refractivity contribution in [3.8, 4) is 0 Å². The SMILES string of the molecule is O=C(NC(CO)C1(O)CC1)OCc1ccccc1. The largest absolute Gasteiger partial charge is 0.445 e. The maximum Gasteiger partial charge on any atom is 0.407 e. The van der Waals surface area contributed by atoms with E-state index in [4.69, 9.17) is 9.84 Å². The maximum atomic E-state index is 11.5. The van der Waals surface area contributed by atoms with Gasteiger partial charge in [0.25, 0.3) is 0 Å². The van der Waals surface area contributed by atoms with Gasteiger partial charge in [0.05, 0.1) is 18.2 Å². The van der Waals surface area contributed by atoms with Crippen molar-refractivity contribution in [3.05, 3.63) is 35.9 Å². The molecule has 3 N–H and O–H groups in total. The molecule has 1 fully saturated rings. The summed E-state index contributed by atoms with van der Waals surface area (Å²) in [6, 6.07) is 8.66. The number of amides is 1. The van der Waals surface area contributed by atoms with Crippen molar-refractivity contribution >= 4 is 6.09 Å². The third kappa shape index (κ3) is 3.21. The monoisotopic (exact) mass is 251 g/mol. The molecular weight excluding hydrogens is 234 g/mol. The smallest absolute Gasteiger partial charge is 0.407 e. The quantitative estimate of drug-likeness (QED) is 0.723. The Hall–Kier alpha value is -1.59. The van der Waals surface area contributed by atoms with Crippen molar-refractivity contribution in [1.82, 2.24) is 5.32 Å². The Morgan fingerprint density at radius 1 is 1.39 bits per heavy atom. The molecular formula is C13H17NO4. The van der Waals surface area contributed by atoms with E-state index >= 15 is 0 Å². The van der Waals surface area contributed by atoms with Gasteiger partial charge in [0.2, 0.25) is 0 Å². The summed E-state index contributed by atoms with van der Waals surface area (Å²) in [6.07, 6.45) is 0.562. The number of carbonyl (C=O) groups excluding carboxylic acids is 1. The number of ether oxygens (including phenoxy) is 1. The van der Waals surface area contributed by atoms with Gasteiger partial charge < -0.3 is 20.3 Å². The first-order valence-corrected chi connectivity index (χ1v) is 5.94. The van der Waals surface area contributed by atoms with E-state index in [9.17, 15) is 9.90 Å². The average Bonchev–Trinajstić information content (AvgIpc) is 3.14. The van der Waals surface area contributed by atoms with E-state index in [-0.39, 0.29) is 13.2 Å². The summed E-state index contributed by atoms with van der Waals surface area (Å²) in [5.74, 6) is 0. The predicted octanol–water partition coefficient (Wildman–Crippen LogP) is 0.799. The minimum atomic E-state index is -0.958. The Labute approximate surface area is 105 Å². The van der Waals surface area contributed by atoms with E-state index in [2.05, 4.69) is 5.32 Å². The molecule has 5 heteroatoms. The standard InChI is InChI=1S/C13H17NO4/c15-8-11(13(17)6-7-13)14-12(16)18-9-10-4-2-1-3-5-10/h1-5,11,15,17H,6-9H2,(H,14,16). The Morgan fingerprint density at radius 2 is 2.06 bits per heavy atom. The molecule has 1 aromatic rings. The third-order valence-electron chi connectivity index (χ3n) is 3.10. The summed E-state index contributed by atoms with van der Waals surface area (Å²) >= 11 is 0. The van der Waals surface area contributed by atoms with Crippen LogP contribution in [0, 0.1) is 0 Å². The molecule has 1 saturated carbocycles. The first-order chi connectivity index (χ1) is 8.64. The van der Waals surface area contributed by atoms with E-state index in [1.165, 1.54) is 0 Å². The van der Waals surface area contributed by atoms with Crippen molar-refractivity contribution < 1.29 is 19.7 Å². The lowest BCUT2D eigenvalue weighted by molar-refractivity contribution is 0.0603. The van der Waals surface area contributed by atoms with E-state index in [1.54, 1.807) is 0 Å². The van der Waals surface area contributed by atoms with Gasteiger partial charge in [-0.25, -0.2) is 4.79 Å². The molecule has 0 saturated heterocycles. The summed E-state index contributed by atoms with van der Waals surface area (Å²) in [5.41, 5.74) is -0.0705. The summed E-state index contributed by atoms with van der Waals surface area (Å²) in [5, 5.41) is 21.4. The number of benzene rings is 1. The zero-order valence-corrected chi connectivity index (χ0v) is 10.0. The second kappa shape index (κ2) is 5.37. The topological polar surface area (TPSA) is 78.8 Å². The lowest BCUT2D eigenvalue weighted by atomic mass is 10.1. The summed E-state index contributed by atoms with van der Waals surface area (Å²) in [4.78, 5) is 11.5. The van der Waals surface area contributed by atoms with Crippen LogP contribution in [0.4, 0.5) is 4.79 Å². The number of hydrogen-bond acceptors (Lipinski definition) is 4. The van der Waals surface area contributed by atoms with Gasteiger partial charge in [-0.1, -0.05) is 30.3 Å². The van der Waals surface area contributed by atoms with Gasteiger partial charge in [-0.3, -0.25) is 0 Å². The van der Waals surface area contributed by atoms with Crippen LogP contribution in [0.2, 0.25) is 0 Å². The number of rotatable bonds is 5. The van der Waals surface area contributed by atoms with Crippen molar-refractivity contribution in [2.75, 3.05) is 6.61 Å². The zero-order chi connectivity index (χ0) is 13.0. The highest BCUT2D eigenvalue weighted by Crippen LogP contribution is 2.38. The normalized spacial score (nSPS) is 17.9. The zero-order valence-electron chi connectivity index (χ0n) is 10.0. The highest BCUT2D eigenvalue weighted by Gasteiger charge is 2.48. The fourth-order valence-corrected chi connectivity index (χ4v) is 1.73. The van der Waals surface area contributed by atoms with Crippen LogP contribution in [0.3, 0.4) is 0 Å². The Bertz CT molecular complexity index is 403. The van der Waals surface area contributed by atoms with Crippen LogP contribution < -0.4 is 5.32 Å². The highest BCUT2D eigenvalue weighted by atomic mass is 16.5. The van der Waals surface area contributed by atoms with E-state index in [0.29, 0.717) is 12.8 Å². The minimum Gasteiger partial charge on any atom is -0.445 e. The van der Waals surface area contributed by atoms with Gasteiger partial charge in [-0.05, 0) is 18.4 Å². The molecule has 0 bridgehead atoms. The van der Waals surface area contributed by atoms with Crippen molar-refractivity contribution in [1.29, 1.82) is 0 Å². The van der Waals surface area contributed by atoms with Crippen molar-refractivity contribution in [3.63, 3.8) is 0 Å². The number of nitrogens with one attached hydrogen (secondary N) is 1. The first-order valence-electron chi connectivity index (χ1n) is 5.94. The van der Waals surface area contributed by atoms with Gasteiger partial charge in [0, 0.05) is 0 Å². The maximum absolute atomic E-state index is 11.5. The van der Waals surface area contributed by atoms with Crippen LogP contribution >= 0.6 is 0 Å². The van der Waals surface area contributed by atoms with Gasteiger partial charge in [0.15, 0.2) is 0 Å². The second-order valence-corrected chi connectivity index (χ2v) is 4.54. The Morgan fingerprint density at radius 3 is 2.61 bits per heavy atom.